The number of carboxylic acids is 1. The summed E-state index contributed by atoms with van der Waals surface area (Å²) in [4.78, 5) is 34.0. The van der Waals surface area contributed by atoms with Crippen molar-refractivity contribution in [2.75, 3.05) is 20.2 Å². The molecule has 0 fully saturated rings. The summed E-state index contributed by atoms with van der Waals surface area (Å²) in [6.07, 6.45) is 1.32. The molecule has 118 valence electrons. The number of carbonyl (C=O) groups is 2. The van der Waals surface area contributed by atoms with Gasteiger partial charge in [0.2, 0.25) is 5.88 Å². The molecular formula is C14H17N3O4S. The van der Waals surface area contributed by atoms with Crippen LogP contribution in [0.15, 0.2) is 6.33 Å². The summed E-state index contributed by atoms with van der Waals surface area (Å²) < 4.78 is 5.49. The molecule has 1 amide bonds. The summed E-state index contributed by atoms with van der Waals surface area (Å²) in [5.41, 5.74) is 0.760. The Morgan fingerprint density at radius 3 is 2.77 bits per heavy atom. The van der Waals surface area contributed by atoms with Gasteiger partial charge in [0.1, 0.15) is 11.2 Å². The van der Waals surface area contributed by atoms with Crippen LogP contribution in [0.2, 0.25) is 0 Å². The Morgan fingerprint density at radius 1 is 1.41 bits per heavy atom. The number of rotatable bonds is 6. The highest BCUT2D eigenvalue weighted by molar-refractivity contribution is 7.20. The summed E-state index contributed by atoms with van der Waals surface area (Å²) in [7, 11) is 1.59. The third kappa shape index (κ3) is 3.16. The smallest absolute Gasteiger partial charge is 0.305 e. The number of fused-ring (bicyclic) bond motifs is 1. The SMILES string of the molecule is CCOc1ncnc2sc(C(=O)N(C)CCC(=O)O)c(C)c12. The van der Waals surface area contributed by atoms with Gasteiger partial charge in [-0.2, -0.15) is 0 Å². The molecule has 1 N–H and O–H groups in total. The molecule has 0 aliphatic rings. The Hall–Kier alpha value is -2.22. The number of aryl methyl sites for hydroxylation is 1. The molecule has 2 aromatic rings. The van der Waals surface area contributed by atoms with Gasteiger partial charge < -0.3 is 14.7 Å². The molecule has 7 nitrogen and oxygen atoms in total. The minimum absolute atomic E-state index is 0.0871. The molecule has 0 saturated carbocycles. The van der Waals surface area contributed by atoms with Crippen molar-refractivity contribution in [2.24, 2.45) is 0 Å². The zero-order chi connectivity index (χ0) is 16.3. The van der Waals surface area contributed by atoms with Crippen LogP contribution in [0.5, 0.6) is 5.88 Å². The van der Waals surface area contributed by atoms with Crippen LogP contribution < -0.4 is 4.74 Å². The van der Waals surface area contributed by atoms with E-state index in [4.69, 9.17) is 9.84 Å². The number of aromatic nitrogens is 2. The van der Waals surface area contributed by atoms with Gasteiger partial charge in [0.05, 0.1) is 23.3 Å². The molecule has 2 rings (SSSR count). The van der Waals surface area contributed by atoms with Crippen LogP contribution in [0.25, 0.3) is 10.2 Å². The van der Waals surface area contributed by atoms with Gasteiger partial charge in [0.25, 0.3) is 5.91 Å². The average molecular weight is 323 g/mol. The highest BCUT2D eigenvalue weighted by Crippen LogP contribution is 2.34. The lowest BCUT2D eigenvalue weighted by molar-refractivity contribution is -0.137. The maximum atomic E-state index is 12.5. The number of carbonyl (C=O) groups excluding carboxylic acids is 1. The Balaban J connectivity index is 2.35. The Kier molecular flexibility index (Phi) is 4.92. The first-order chi connectivity index (χ1) is 10.5. The van der Waals surface area contributed by atoms with E-state index in [2.05, 4.69) is 9.97 Å². The number of hydrogen-bond acceptors (Lipinski definition) is 6. The Morgan fingerprint density at radius 2 is 2.14 bits per heavy atom. The number of ether oxygens (including phenoxy) is 1. The average Bonchev–Trinajstić information content (AvgIpc) is 2.82. The van der Waals surface area contributed by atoms with Crippen LogP contribution in [0.3, 0.4) is 0 Å². The quantitative estimate of drug-likeness (QED) is 0.873. The van der Waals surface area contributed by atoms with Crippen molar-refractivity contribution in [3.05, 3.63) is 16.8 Å². The molecule has 2 aromatic heterocycles. The van der Waals surface area contributed by atoms with E-state index in [1.54, 1.807) is 7.05 Å². The van der Waals surface area contributed by atoms with Crippen LogP contribution in [0, 0.1) is 6.92 Å². The van der Waals surface area contributed by atoms with Gasteiger partial charge in [-0.1, -0.05) is 0 Å². The lowest BCUT2D eigenvalue weighted by Crippen LogP contribution is -2.28. The van der Waals surface area contributed by atoms with Crippen LogP contribution in [-0.2, 0) is 4.79 Å². The number of aliphatic carboxylic acids is 1. The number of nitrogens with zero attached hydrogens (tertiary/aromatic N) is 3. The standard InChI is InChI=1S/C14H17N3O4S/c1-4-21-12-10-8(2)11(22-13(10)16-7-15-12)14(20)17(3)6-5-9(18)19/h7H,4-6H2,1-3H3,(H,18,19). The van der Waals surface area contributed by atoms with Gasteiger partial charge in [-0.15, -0.1) is 11.3 Å². The zero-order valence-corrected chi connectivity index (χ0v) is 13.4. The lowest BCUT2D eigenvalue weighted by Gasteiger charge is -2.15. The second-order valence-corrected chi connectivity index (χ2v) is 5.72. The van der Waals surface area contributed by atoms with E-state index >= 15 is 0 Å². The normalized spacial score (nSPS) is 10.7. The lowest BCUT2D eigenvalue weighted by atomic mass is 10.2. The van der Waals surface area contributed by atoms with Crippen molar-refractivity contribution in [1.29, 1.82) is 0 Å². The zero-order valence-electron chi connectivity index (χ0n) is 12.6. The molecule has 0 aliphatic carbocycles. The fourth-order valence-electron chi connectivity index (χ4n) is 2.03. The van der Waals surface area contributed by atoms with E-state index in [9.17, 15) is 9.59 Å². The van der Waals surface area contributed by atoms with E-state index in [-0.39, 0.29) is 18.9 Å². The molecule has 0 aromatic carbocycles. The number of thiophene rings is 1. The molecule has 0 radical (unpaired) electrons. The Bertz CT molecular complexity index is 713. The minimum Gasteiger partial charge on any atom is -0.481 e. The third-order valence-electron chi connectivity index (χ3n) is 3.18. The number of carboxylic acid groups (broad SMARTS) is 1. The van der Waals surface area contributed by atoms with Crippen LogP contribution in [0.1, 0.15) is 28.6 Å². The summed E-state index contributed by atoms with van der Waals surface area (Å²) in [5.74, 6) is -0.685. The summed E-state index contributed by atoms with van der Waals surface area (Å²) in [6, 6.07) is 0. The molecule has 0 atom stereocenters. The predicted molar refractivity (Wildman–Crippen MR) is 82.5 cm³/mol. The minimum atomic E-state index is -0.933. The second-order valence-electron chi connectivity index (χ2n) is 4.72. The molecule has 22 heavy (non-hydrogen) atoms. The van der Waals surface area contributed by atoms with Crippen molar-refractivity contribution in [1.82, 2.24) is 14.9 Å². The van der Waals surface area contributed by atoms with E-state index < -0.39 is 5.97 Å². The molecule has 0 aliphatic heterocycles. The summed E-state index contributed by atoms with van der Waals surface area (Å²) >= 11 is 1.26. The summed E-state index contributed by atoms with van der Waals surface area (Å²) in [6.45, 7) is 4.32. The maximum Gasteiger partial charge on any atom is 0.305 e. The van der Waals surface area contributed by atoms with Crippen LogP contribution in [-0.4, -0.2) is 52.1 Å². The van der Waals surface area contributed by atoms with Crippen molar-refractivity contribution in [3.8, 4) is 5.88 Å². The predicted octanol–water partition coefficient (Wildman–Crippen LogP) is 1.95. The fraction of sp³-hybridized carbons (Fsp3) is 0.429. The molecular weight excluding hydrogens is 306 g/mol. The van der Waals surface area contributed by atoms with Gasteiger partial charge in [-0.3, -0.25) is 9.59 Å². The summed E-state index contributed by atoms with van der Waals surface area (Å²) in [5, 5.41) is 9.45. The van der Waals surface area contributed by atoms with E-state index in [1.165, 1.54) is 22.6 Å². The van der Waals surface area contributed by atoms with Crippen molar-refractivity contribution in [3.63, 3.8) is 0 Å². The topological polar surface area (TPSA) is 92.6 Å². The second kappa shape index (κ2) is 6.69. The van der Waals surface area contributed by atoms with Crippen molar-refractivity contribution in [2.45, 2.75) is 20.3 Å². The van der Waals surface area contributed by atoms with Gasteiger partial charge in [0.15, 0.2) is 0 Å². The van der Waals surface area contributed by atoms with Gasteiger partial charge in [-0.25, -0.2) is 9.97 Å². The van der Waals surface area contributed by atoms with Gasteiger partial charge in [0, 0.05) is 13.6 Å². The first-order valence-electron chi connectivity index (χ1n) is 6.79. The molecule has 0 saturated heterocycles. The highest BCUT2D eigenvalue weighted by Gasteiger charge is 2.22. The largest absolute Gasteiger partial charge is 0.481 e. The van der Waals surface area contributed by atoms with Gasteiger partial charge in [-0.05, 0) is 19.4 Å². The third-order valence-corrected chi connectivity index (χ3v) is 4.36. The van der Waals surface area contributed by atoms with E-state index in [0.29, 0.717) is 22.2 Å². The fourth-order valence-corrected chi connectivity index (χ4v) is 3.16. The molecule has 8 heteroatoms. The van der Waals surface area contributed by atoms with E-state index in [0.717, 1.165) is 10.9 Å². The number of hydrogen-bond donors (Lipinski definition) is 1. The van der Waals surface area contributed by atoms with Crippen molar-refractivity contribution >= 4 is 33.4 Å². The number of amides is 1. The molecule has 2 heterocycles. The molecule has 0 spiro atoms. The van der Waals surface area contributed by atoms with Crippen molar-refractivity contribution < 1.29 is 19.4 Å². The highest BCUT2D eigenvalue weighted by atomic mass is 32.1. The first-order valence-corrected chi connectivity index (χ1v) is 7.61. The van der Waals surface area contributed by atoms with E-state index in [1.807, 2.05) is 13.8 Å². The molecule has 0 unspecified atom stereocenters. The van der Waals surface area contributed by atoms with Gasteiger partial charge >= 0.3 is 5.97 Å². The van der Waals surface area contributed by atoms with Crippen LogP contribution >= 0.6 is 11.3 Å². The van der Waals surface area contributed by atoms with Crippen LogP contribution in [0.4, 0.5) is 0 Å². The maximum absolute atomic E-state index is 12.5. The molecule has 0 bridgehead atoms. The monoisotopic (exact) mass is 323 g/mol. The first kappa shape index (κ1) is 16.2. The Labute approximate surface area is 131 Å².